The fraction of sp³-hybridized carbons (Fsp3) is 0.292. The number of carbonyl (C=O) groups is 1. The third-order valence-electron chi connectivity index (χ3n) is 6.02. The zero-order chi connectivity index (χ0) is 22.9. The number of ether oxygens (including phenoxy) is 1. The summed E-state index contributed by atoms with van der Waals surface area (Å²) in [5.74, 6) is 1.14. The van der Waals surface area contributed by atoms with Crippen LogP contribution in [0.1, 0.15) is 5.56 Å². The maximum absolute atomic E-state index is 12.2. The molecule has 1 aromatic heterocycles. The van der Waals surface area contributed by atoms with Crippen LogP contribution in [-0.2, 0) is 0 Å². The van der Waals surface area contributed by atoms with Crippen molar-refractivity contribution in [2.45, 2.75) is 6.92 Å². The maximum Gasteiger partial charge on any atom is 0.323 e. The summed E-state index contributed by atoms with van der Waals surface area (Å²) in [5, 5.41) is 8.95. The summed E-state index contributed by atoms with van der Waals surface area (Å²) in [6, 6.07) is 11.6. The number of benzene rings is 2. The molecule has 0 radical (unpaired) electrons. The topological polar surface area (TPSA) is 94.7 Å². The van der Waals surface area contributed by atoms with Crippen LogP contribution in [0, 0.1) is 6.92 Å². The van der Waals surface area contributed by atoms with Gasteiger partial charge in [-0.15, -0.1) is 0 Å². The standard InChI is InChI=1S/C24H27N7O2/c1-15-4-6-18-17(12-15)22-20(28-24(32)27-18)14-25-23(29-22)26-19-7-5-16(13-21(19)33-3)31-10-8-30(2)9-11-31/h4-7,12-14H,8-11H2,1-3H3,(H,25,26,29)(H2,27,28,32). The lowest BCUT2D eigenvalue weighted by atomic mass is 10.1. The molecule has 3 heterocycles. The van der Waals surface area contributed by atoms with Crippen LogP contribution in [-0.4, -0.2) is 61.2 Å². The second-order valence-electron chi connectivity index (χ2n) is 8.38. The van der Waals surface area contributed by atoms with Crippen molar-refractivity contribution in [3.63, 3.8) is 0 Å². The lowest BCUT2D eigenvalue weighted by molar-refractivity contribution is 0.262. The molecule has 2 amide bonds. The van der Waals surface area contributed by atoms with Gasteiger partial charge in [0.1, 0.15) is 11.4 Å². The number of hydrogen-bond donors (Lipinski definition) is 3. The highest BCUT2D eigenvalue weighted by molar-refractivity contribution is 6.07. The Balaban J connectivity index is 1.46. The van der Waals surface area contributed by atoms with E-state index in [1.807, 2.05) is 37.3 Å². The summed E-state index contributed by atoms with van der Waals surface area (Å²) in [6.07, 6.45) is 1.62. The van der Waals surface area contributed by atoms with Crippen molar-refractivity contribution in [1.82, 2.24) is 14.9 Å². The number of anilines is 5. The Kier molecular flexibility index (Phi) is 5.47. The summed E-state index contributed by atoms with van der Waals surface area (Å²) in [5.41, 5.74) is 5.73. The van der Waals surface area contributed by atoms with Gasteiger partial charge in [-0.25, -0.2) is 14.8 Å². The average molecular weight is 446 g/mol. The molecule has 2 aliphatic rings. The number of piperazine rings is 1. The van der Waals surface area contributed by atoms with Crippen molar-refractivity contribution >= 4 is 34.7 Å². The Labute approximate surface area is 192 Å². The van der Waals surface area contributed by atoms with E-state index in [0.29, 0.717) is 23.0 Å². The van der Waals surface area contributed by atoms with Gasteiger partial charge in [-0.1, -0.05) is 11.6 Å². The monoisotopic (exact) mass is 445 g/mol. The molecule has 0 spiro atoms. The number of urea groups is 1. The fourth-order valence-electron chi connectivity index (χ4n) is 4.14. The minimum Gasteiger partial charge on any atom is -0.494 e. The summed E-state index contributed by atoms with van der Waals surface area (Å²) in [4.78, 5) is 26.1. The molecule has 0 atom stereocenters. The summed E-state index contributed by atoms with van der Waals surface area (Å²) in [7, 11) is 3.80. The van der Waals surface area contributed by atoms with E-state index in [1.54, 1.807) is 13.3 Å². The number of carbonyl (C=O) groups excluding carboxylic acids is 1. The van der Waals surface area contributed by atoms with Crippen LogP contribution in [0.5, 0.6) is 5.75 Å². The number of likely N-dealkylation sites (N-methyl/N-ethyl adjacent to an activating group) is 1. The number of methoxy groups -OCH3 is 1. The van der Waals surface area contributed by atoms with Crippen LogP contribution in [0.15, 0.2) is 42.6 Å². The number of fused-ring (bicyclic) bond motifs is 3. The number of rotatable bonds is 4. The van der Waals surface area contributed by atoms with Gasteiger partial charge in [0, 0.05) is 43.5 Å². The number of nitrogens with zero attached hydrogens (tertiary/aromatic N) is 4. The highest BCUT2D eigenvalue weighted by Crippen LogP contribution is 2.37. The summed E-state index contributed by atoms with van der Waals surface area (Å²) >= 11 is 0. The molecule has 1 saturated heterocycles. The van der Waals surface area contributed by atoms with E-state index in [4.69, 9.17) is 9.72 Å². The van der Waals surface area contributed by atoms with Crippen LogP contribution in [0.3, 0.4) is 0 Å². The molecule has 0 unspecified atom stereocenters. The quantitative estimate of drug-likeness (QED) is 0.560. The van der Waals surface area contributed by atoms with Crippen LogP contribution < -0.4 is 25.6 Å². The van der Waals surface area contributed by atoms with E-state index in [1.165, 1.54) is 0 Å². The van der Waals surface area contributed by atoms with Crippen LogP contribution >= 0.6 is 0 Å². The first-order valence-electron chi connectivity index (χ1n) is 10.9. The van der Waals surface area contributed by atoms with E-state index in [0.717, 1.165) is 54.4 Å². The second-order valence-corrected chi connectivity index (χ2v) is 8.38. The Morgan fingerprint density at radius 3 is 2.61 bits per heavy atom. The third kappa shape index (κ3) is 4.27. The molecule has 3 aromatic rings. The van der Waals surface area contributed by atoms with Gasteiger partial charge in [0.25, 0.3) is 0 Å². The Hall–Kier alpha value is -3.85. The van der Waals surface area contributed by atoms with E-state index in [-0.39, 0.29) is 6.03 Å². The normalized spacial score (nSPS) is 15.6. The lowest BCUT2D eigenvalue weighted by Gasteiger charge is -2.34. The van der Waals surface area contributed by atoms with E-state index in [2.05, 4.69) is 43.8 Å². The minimum absolute atomic E-state index is 0.315. The molecule has 2 aliphatic heterocycles. The van der Waals surface area contributed by atoms with Gasteiger partial charge in [-0.3, -0.25) is 0 Å². The SMILES string of the molecule is COc1cc(N2CCN(C)CC2)ccc1Nc1ncc2c(n1)-c1cc(C)ccc1NC(=O)N2. The van der Waals surface area contributed by atoms with Gasteiger partial charge in [0.05, 0.1) is 30.4 Å². The Morgan fingerprint density at radius 1 is 1.03 bits per heavy atom. The maximum atomic E-state index is 12.2. The van der Waals surface area contributed by atoms with Crippen molar-refractivity contribution in [3.05, 3.63) is 48.2 Å². The zero-order valence-corrected chi connectivity index (χ0v) is 19.0. The van der Waals surface area contributed by atoms with Crippen molar-refractivity contribution < 1.29 is 9.53 Å². The first-order chi connectivity index (χ1) is 16.0. The molecule has 5 rings (SSSR count). The zero-order valence-electron chi connectivity index (χ0n) is 19.0. The number of aromatic nitrogens is 2. The second kappa shape index (κ2) is 8.59. The minimum atomic E-state index is -0.315. The van der Waals surface area contributed by atoms with E-state index in [9.17, 15) is 4.79 Å². The third-order valence-corrected chi connectivity index (χ3v) is 6.02. The number of hydrogen-bond acceptors (Lipinski definition) is 7. The molecule has 2 aromatic carbocycles. The molecule has 0 saturated carbocycles. The largest absolute Gasteiger partial charge is 0.494 e. The fourth-order valence-corrected chi connectivity index (χ4v) is 4.14. The predicted octanol–water partition coefficient (Wildman–Crippen LogP) is 3.91. The smallest absolute Gasteiger partial charge is 0.323 e. The lowest BCUT2D eigenvalue weighted by Crippen LogP contribution is -2.44. The van der Waals surface area contributed by atoms with Gasteiger partial charge in [-0.2, -0.15) is 0 Å². The molecular weight excluding hydrogens is 418 g/mol. The van der Waals surface area contributed by atoms with Gasteiger partial charge in [-0.05, 0) is 38.2 Å². The van der Waals surface area contributed by atoms with Crippen LogP contribution in [0.2, 0.25) is 0 Å². The Morgan fingerprint density at radius 2 is 1.82 bits per heavy atom. The average Bonchev–Trinajstić information content (AvgIpc) is 2.95. The molecule has 0 aliphatic carbocycles. The van der Waals surface area contributed by atoms with E-state index < -0.39 is 0 Å². The van der Waals surface area contributed by atoms with Crippen LogP contribution in [0.4, 0.5) is 33.5 Å². The highest BCUT2D eigenvalue weighted by atomic mass is 16.5. The van der Waals surface area contributed by atoms with Crippen molar-refractivity contribution in [2.75, 3.05) is 61.2 Å². The molecule has 33 heavy (non-hydrogen) atoms. The predicted molar refractivity (Wildman–Crippen MR) is 131 cm³/mol. The van der Waals surface area contributed by atoms with Crippen LogP contribution in [0.25, 0.3) is 11.3 Å². The first kappa shape index (κ1) is 21.0. The van der Waals surface area contributed by atoms with Crippen molar-refractivity contribution in [1.29, 1.82) is 0 Å². The molecule has 9 heteroatoms. The highest BCUT2D eigenvalue weighted by Gasteiger charge is 2.21. The van der Waals surface area contributed by atoms with Gasteiger partial charge in [0.2, 0.25) is 5.95 Å². The number of aryl methyl sites for hydroxylation is 1. The molecular formula is C24H27N7O2. The molecule has 9 nitrogen and oxygen atoms in total. The van der Waals surface area contributed by atoms with E-state index >= 15 is 0 Å². The summed E-state index contributed by atoms with van der Waals surface area (Å²) in [6.45, 7) is 6.06. The van der Waals surface area contributed by atoms with Gasteiger partial charge < -0.3 is 30.5 Å². The van der Waals surface area contributed by atoms with Gasteiger partial charge >= 0.3 is 6.03 Å². The number of nitrogens with one attached hydrogen (secondary N) is 3. The molecule has 0 bridgehead atoms. The van der Waals surface area contributed by atoms with Crippen molar-refractivity contribution in [3.8, 4) is 17.0 Å². The summed E-state index contributed by atoms with van der Waals surface area (Å²) < 4.78 is 5.67. The number of amides is 2. The Bertz CT molecular complexity index is 1210. The first-order valence-corrected chi connectivity index (χ1v) is 10.9. The van der Waals surface area contributed by atoms with Gasteiger partial charge in [0.15, 0.2) is 0 Å². The molecule has 3 N–H and O–H groups in total. The van der Waals surface area contributed by atoms with Crippen molar-refractivity contribution in [2.24, 2.45) is 0 Å². The molecule has 1 fully saturated rings. The molecule has 170 valence electrons.